The summed E-state index contributed by atoms with van der Waals surface area (Å²) in [6, 6.07) is 23.6. The summed E-state index contributed by atoms with van der Waals surface area (Å²) in [5.74, 6) is -1.06. The molecule has 4 rings (SSSR count). The minimum Gasteiger partial charge on any atom is -0.352 e. The molecule has 2 atom stereocenters. The topological polar surface area (TPSA) is 86.8 Å². The molecule has 0 aromatic heterocycles. The Balaban J connectivity index is 1.54. The van der Waals surface area contributed by atoms with Gasteiger partial charge in [-0.05, 0) is 49.9 Å². The Bertz CT molecular complexity index is 1320. The van der Waals surface area contributed by atoms with Gasteiger partial charge in [0.05, 0.1) is 11.1 Å². The highest BCUT2D eigenvalue weighted by Crippen LogP contribution is 2.23. The Morgan fingerprint density at radius 3 is 2.05 bits per heavy atom. The van der Waals surface area contributed by atoms with Crippen LogP contribution in [0.3, 0.4) is 0 Å². The standard InChI is InChI=1S/C33H37N3O4/c1-4-24(3)34-31(38)29(21-25-11-6-5-7-12-25)36(22-26-18-16-23(2)17-19-26)30(37)15-10-20-35-32(39)27-13-8-9-14-28(27)33(35)40/h5-9,11-14,16-19,24,29H,4,10,15,20-22H2,1-3H3,(H,34,38)/t24-,29-/m0/s1. The summed E-state index contributed by atoms with van der Waals surface area (Å²) >= 11 is 0. The van der Waals surface area contributed by atoms with Gasteiger partial charge in [-0.1, -0.05) is 79.2 Å². The second-order valence-corrected chi connectivity index (χ2v) is 10.4. The minimum absolute atomic E-state index is 0.0316. The molecule has 3 aromatic carbocycles. The van der Waals surface area contributed by atoms with E-state index in [1.165, 1.54) is 4.90 Å². The van der Waals surface area contributed by atoms with E-state index >= 15 is 0 Å². The van der Waals surface area contributed by atoms with Gasteiger partial charge in [-0.2, -0.15) is 0 Å². The number of carbonyl (C=O) groups excluding carboxylic acids is 4. The van der Waals surface area contributed by atoms with Gasteiger partial charge in [0.15, 0.2) is 0 Å². The van der Waals surface area contributed by atoms with E-state index in [0.717, 1.165) is 23.1 Å². The lowest BCUT2D eigenvalue weighted by atomic mass is 10.0. The van der Waals surface area contributed by atoms with Gasteiger partial charge in [0.1, 0.15) is 6.04 Å². The summed E-state index contributed by atoms with van der Waals surface area (Å²) in [6.07, 6.45) is 1.55. The number of aryl methyl sites for hydroxylation is 1. The molecule has 0 saturated heterocycles. The van der Waals surface area contributed by atoms with Gasteiger partial charge < -0.3 is 10.2 Å². The number of nitrogens with zero attached hydrogens (tertiary/aromatic N) is 2. The first-order valence-corrected chi connectivity index (χ1v) is 13.9. The molecule has 208 valence electrons. The van der Waals surface area contributed by atoms with Gasteiger partial charge in [0.2, 0.25) is 11.8 Å². The zero-order chi connectivity index (χ0) is 28.6. The number of rotatable bonds is 12. The fraction of sp³-hybridized carbons (Fsp3) is 0.333. The predicted molar refractivity (Wildman–Crippen MR) is 155 cm³/mol. The molecule has 1 aliphatic rings. The fourth-order valence-electron chi connectivity index (χ4n) is 4.86. The second-order valence-electron chi connectivity index (χ2n) is 10.4. The molecule has 0 aliphatic carbocycles. The van der Waals surface area contributed by atoms with Crippen LogP contribution in [0.25, 0.3) is 0 Å². The third kappa shape index (κ3) is 6.84. The average Bonchev–Trinajstić information content (AvgIpc) is 3.21. The van der Waals surface area contributed by atoms with E-state index in [-0.39, 0.29) is 49.2 Å². The Morgan fingerprint density at radius 2 is 1.45 bits per heavy atom. The van der Waals surface area contributed by atoms with Crippen molar-refractivity contribution in [1.82, 2.24) is 15.1 Å². The lowest BCUT2D eigenvalue weighted by molar-refractivity contribution is -0.141. The smallest absolute Gasteiger partial charge is 0.261 e. The molecule has 1 aliphatic heterocycles. The van der Waals surface area contributed by atoms with Crippen molar-refractivity contribution in [2.45, 2.75) is 65.1 Å². The molecule has 1 heterocycles. The largest absolute Gasteiger partial charge is 0.352 e. The fourth-order valence-corrected chi connectivity index (χ4v) is 4.86. The zero-order valence-electron chi connectivity index (χ0n) is 23.4. The third-order valence-electron chi connectivity index (χ3n) is 7.40. The normalized spacial score (nSPS) is 14.0. The molecule has 0 saturated carbocycles. The number of amides is 4. The lowest BCUT2D eigenvalue weighted by Gasteiger charge is -2.32. The summed E-state index contributed by atoms with van der Waals surface area (Å²) in [5.41, 5.74) is 3.78. The second kappa shape index (κ2) is 13.2. The first-order chi connectivity index (χ1) is 19.3. The molecule has 3 aromatic rings. The Kier molecular flexibility index (Phi) is 9.48. The van der Waals surface area contributed by atoms with Gasteiger partial charge in [-0.25, -0.2) is 0 Å². The molecular formula is C33H37N3O4. The van der Waals surface area contributed by atoms with Gasteiger partial charge in [-0.3, -0.25) is 24.1 Å². The molecule has 7 nitrogen and oxygen atoms in total. The average molecular weight is 540 g/mol. The van der Waals surface area contributed by atoms with E-state index in [9.17, 15) is 19.2 Å². The van der Waals surface area contributed by atoms with Crippen LogP contribution >= 0.6 is 0 Å². The molecule has 0 bridgehead atoms. The zero-order valence-corrected chi connectivity index (χ0v) is 23.4. The van der Waals surface area contributed by atoms with Crippen LogP contribution in [0.15, 0.2) is 78.9 Å². The highest BCUT2D eigenvalue weighted by Gasteiger charge is 2.35. The van der Waals surface area contributed by atoms with E-state index in [4.69, 9.17) is 0 Å². The van der Waals surface area contributed by atoms with Crippen LogP contribution in [0.5, 0.6) is 0 Å². The van der Waals surface area contributed by atoms with Gasteiger partial charge >= 0.3 is 0 Å². The molecule has 4 amide bonds. The third-order valence-corrected chi connectivity index (χ3v) is 7.40. The summed E-state index contributed by atoms with van der Waals surface area (Å²) in [6.45, 7) is 6.37. The quantitative estimate of drug-likeness (QED) is 0.331. The van der Waals surface area contributed by atoms with Crippen LogP contribution in [0.1, 0.15) is 70.5 Å². The summed E-state index contributed by atoms with van der Waals surface area (Å²) in [5, 5.41) is 3.07. The van der Waals surface area contributed by atoms with Crippen molar-refractivity contribution in [3.8, 4) is 0 Å². The molecular weight excluding hydrogens is 502 g/mol. The summed E-state index contributed by atoms with van der Waals surface area (Å²) in [7, 11) is 0. The monoisotopic (exact) mass is 539 g/mol. The van der Waals surface area contributed by atoms with Gasteiger partial charge in [0.25, 0.3) is 11.8 Å². The molecule has 0 radical (unpaired) electrons. The Hall–Kier alpha value is -4.26. The maximum Gasteiger partial charge on any atom is 0.261 e. The van der Waals surface area contributed by atoms with Crippen molar-refractivity contribution in [2.24, 2.45) is 0 Å². The van der Waals surface area contributed by atoms with Crippen molar-refractivity contribution in [2.75, 3.05) is 6.54 Å². The highest BCUT2D eigenvalue weighted by molar-refractivity contribution is 6.21. The van der Waals surface area contributed by atoms with Crippen LogP contribution in [0, 0.1) is 6.92 Å². The molecule has 40 heavy (non-hydrogen) atoms. The van der Waals surface area contributed by atoms with E-state index in [1.807, 2.05) is 75.4 Å². The molecule has 7 heteroatoms. The highest BCUT2D eigenvalue weighted by atomic mass is 16.2. The Labute approximate surface area is 236 Å². The van der Waals surface area contributed by atoms with Crippen LogP contribution in [-0.2, 0) is 22.6 Å². The van der Waals surface area contributed by atoms with Crippen LogP contribution in [0.2, 0.25) is 0 Å². The molecule has 1 N–H and O–H groups in total. The number of carbonyl (C=O) groups is 4. The number of imide groups is 1. The molecule has 0 fully saturated rings. The van der Waals surface area contributed by atoms with Gasteiger partial charge in [0, 0.05) is 32.0 Å². The van der Waals surface area contributed by atoms with Crippen molar-refractivity contribution < 1.29 is 19.2 Å². The van der Waals surface area contributed by atoms with E-state index in [1.54, 1.807) is 29.2 Å². The minimum atomic E-state index is -0.718. The maximum absolute atomic E-state index is 13.8. The summed E-state index contributed by atoms with van der Waals surface area (Å²) in [4.78, 5) is 55.8. The lowest BCUT2D eigenvalue weighted by Crippen LogP contribution is -2.52. The van der Waals surface area contributed by atoms with Crippen LogP contribution < -0.4 is 5.32 Å². The SMILES string of the molecule is CC[C@H](C)NC(=O)[C@H](Cc1ccccc1)N(Cc1ccc(C)cc1)C(=O)CCCN1C(=O)c2ccccc2C1=O. The first-order valence-electron chi connectivity index (χ1n) is 13.9. The van der Waals surface area contributed by atoms with E-state index in [2.05, 4.69) is 5.32 Å². The number of nitrogens with one attached hydrogen (secondary N) is 1. The van der Waals surface area contributed by atoms with Gasteiger partial charge in [-0.15, -0.1) is 0 Å². The predicted octanol–water partition coefficient (Wildman–Crippen LogP) is 4.93. The Morgan fingerprint density at radius 1 is 0.850 bits per heavy atom. The number of benzene rings is 3. The van der Waals surface area contributed by atoms with Crippen molar-refractivity contribution in [3.05, 3.63) is 107 Å². The number of hydrogen-bond donors (Lipinski definition) is 1. The molecule has 0 spiro atoms. The van der Waals surface area contributed by atoms with E-state index in [0.29, 0.717) is 24.0 Å². The summed E-state index contributed by atoms with van der Waals surface area (Å²) < 4.78 is 0. The molecule has 0 unspecified atom stereocenters. The van der Waals surface area contributed by atoms with Crippen LogP contribution in [-0.4, -0.2) is 52.1 Å². The van der Waals surface area contributed by atoms with Crippen LogP contribution in [0.4, 0.5) is 0 Å². The first kappa shape index (κ1) is 28.7. The number of fused-ring (bicyclic) bond motifs is 1. The van der Waals surface area contributed by atoms with E-state index < -0.39 is 6.04 Å². The maximum atomic E-state index is 13.8. The van der Waals surface area contributed by atoms with Crippen molar-refractivity contribution in [1.29, 1.82) is 0 Å². The number of hydrogen-bond acceptors (Lipinski definition) is 4. The van der Waals surface area contributed by atoms with Crippen molar-refractivity contribution in [3.63, 3.8) is 0 Å². The van der Waals surface area contributed by atoms with Crippen molar-refractivity contribution >= 4 is 23.6 Å².